The predicted octanol–water partition coefficient (Wildman–Crippen LogP) is 2.62. The first kappa shape index (κ1) is 15.3. The topological polar surface area (TPSA) is 70.6 Å². The Hall–Kier alpha value is -2.60. The van der Waals surface area contributed by atoms with E-state index in [2.05, 4.69) is 10.6 Å². The van der Waals surface area contributed by atoms with E-state index in [0.717, 1.165) is 17.7 Å². The third-order valence-electron chi connectivity index (χ3n) is 3.68. The van der Waals surface area contributed by atoms with Gasteiger partial charge in [0.1, 0.15) is 11.6 Å². The Labute approximate surface area is 133 Å². The van der Waals surface area contributed by atoms with E-state index >= 15 is 0 Å². The second-order valence-electron chi connectivity index (χ2n) is 5.30. The molecule has 1 aliphatic rings. The van der Waals surface area contributed by atoms with Crippen LogP contribution in [0, 0.1) is 5.82 Å². The normalized spacial score (nSPS) is 13.8. The maximum absolute atomic E-state index is 13.4. The van der Waals surface area contributed by atoms with Gasteiger partial charge in [-0.15, -0.1) is 0 Å². The summed E-state index contributed by atoms with van der Waals surface area (Å²) < 4.78 is 18.8. The number of hydrogen-bond donors (Lipinski definition) is 3. The molecule has 0 aromatic heterocycles. The van der Waals surface area contributed by atoms with Gasteiger partial charge < -0.3 is 20.5 Å². The van der Waals surface area contributed by atoms with E-state index in [0.29, 0.717) is 12.2 Å². The summed E-state index contributed by atoms with van der Waals surface area (Å²) in [6.45, 7) is 0.679. The van der Waals surface area contributed by atoms with E-state index in [1.54, 1.807) is 18.2 Å². The van der Waals surface area contributed by atoms with Crippen LogP contribution in [0.1, 0.15) is 17.2 Å². The van der Waals surface area contributed by atoms with Crippen molar-refractivity contribution in [2.45, 2.75) is 12.5 Å². The summed E-state index contributed by atoms with van der Waals surface area (Å²) in [5.74, 6) is 0.327. The third-order valence-corrected chi connectivity index (χ3v) is 3.68. The molecule has 120 valence electrons. The Balaban J connectivity index is 1.55. The van der Waals surface area contributed by atoms with E-state index in [1.807, 2.05) is 12.1 Å². The molecule has 1 heterocycles. The maximum Gasteiger partial charge on any atom is 0.319 e. The van der Waals surface area contributed by atoms with Crippen LogP contribution >= 0.6 is 0 Å². The average molecular weight is 316 g/mol. The summed E-state index contributed by atoms with van der Waals surface area (Å²) in [6.07, 6.45) is -0.0239. The first-order chi connectivity index (χ1) is 11.1. The van der Waals surface area contributed by atoms with Crippen molar-refractivity contribution in [1.29, 1.82) is 0 Å². The number of para-hydroxylation sites is 1. The van der Waals surface area contributed by atoms with Crippen molar-refractivity contribution < 1.29 is 19.0 Å². The lowest BCUT2D eigenvalue weighted by molar-refractivity contribution is 0.175. The molecule has 0 bridgehead atoms. The summed E-state index contributed by atoms with van der Waals surface area (Å²) in [6, 6.07) is 10.8. The second kappa shape index (κ2) is 6.66. The minimum Gasteiger partial charge on any atom is -0.493 e. The van der Waals surface area contributed by atoms with E-state index in [1.165, 1.54) is 12.1 Å². The highest BCUT2D eigenvalue weighted by molar-refractivity contribution is 5.89. The summed E-state index contributed by atoms with van der Waals surface area (Å²) in [7, 11) is 0. The number of aliphatic hydroxyl groups is 1. The van der Waals surface area contributed by atoms with Gasteiger partial charge in [0.05, 0.1) is 18.4 Å². The third kappa shape index (κ3) is 3.60. The van der Waals surface area contributed by atoms with Gasteiger partial charge in [0.2, 0.25) is 0 Å². The number of amides is 2. The number of carbonyl (C=O) groups is 1. The van der Waals surface area contributed by atoms with Crippen molar-refractivity contribution in [3.8, 4) is 5.75 Å². The molecular weight excluding hydrogens is 299 g/mol. The van der Waals surface area contributed by atoms with Gasteiger partial charge in [-0.25, -0.2) is 9.18 Å². The molecule has 0 saturated carbocycles. The zero-order chi connectivity index (χ0) is 16.2. The van der Waals surface area contributed by atoms with Crippen LogP contribution < -0.4 is 15.4 Å². The number of urea groups is 1. The van der Waals surface area contributed by atoms with E-state index in [4.69, 9.17) is 4.74 Å². The molecule has 2 amide bonds. The molecule has 1 atom stereocenters. The Morgan fingerprint density at radius 2 is 2.13 bits per heavy atom. The van der Waals surface area contributed by atoms with Gasteiger partial charge in [-0.3, -0.25) is 0 Å². The first-order valence-corrected chi connectivity index (χ1v) is 7.36. The number of rotatable bonds is 4. The minimum absolute atomic E-state index is 0.0277. The lowest BCUT2D eigenvalue weighted by Gasteiger charge is -2.14. The maximum atomic E-state index is 13.4. The number of fused-ring (bicyclic) bond motifs is 1. The van der Waals surface area contributed by atoms with Crippen LogP contribution in [0.5, 0.6) is 5.75 Å². The largest absolute Gasteiger partial charge is 0.493 e. The predicted molar refractivity (Wildman–Crippen MR) is 84.0 cm³/mol. The molecule has 0 saturated heterocycles. The fourth-order valence-corrected chi connectivity index (χ4v) is 2.45. The summed E-state index contributed by atoms with van der Waals surface area (Å²) >= 11 is 0. The highest BCUT2D eigenvalue weighted by atomic mass is 19.1. The molecule has 0 aliphatic carbocycles. The first-order valence-electron chi connectivity index (χ1n) is 7.36. The molecule has 5 nitrogen and oxygen atoms in total. The Morgan fingerprint density at radius 1 is 1.30 bits per heavy atom. The van der Waals surface area contributed by atoms with Gasteiger partial charge in [-0.2, -0.15) is 0 Å². The summed E-state index contributed by atoms with van der Waals surface area (Å²) in [5.41, 5.74) is 1.85. The van der Waals surface area contributed by atoms with Gasteiger partial charge >= 0.3 is 6.03 Å². The number of carbonyl (C=O) groups excluding carboxylic acids is 1. The standard InChI is InChI=1S/C17H17FN2O3/c18-13-3-1-2-4-14(13)20-17(22)19-10-15(21)11-5-6-16-12(9-11)7-8-23-16/h1-6,9,15,21H,7-8,10H2,(H2,19,20,22). The average Bonchev–Trinajstić information content (AvgIpc) is 3.02. The molecule has 3 N–H and O–H groups in total. The molecule has 0 fully saturated rings. The van der Waals surface area contributed by atoms with Crippen LogP contribution in [0.25, 0.3) is 0 Å². The minimum atomic E-state index is -0.840. The molecule has 3 rings (SSSR count). The summed E-state index contributed by atoms with van der Waals surface area (Å²) in [5, 5.41) is 15.1. The highest BCUT2D eigenvalue weighted by Crippen LogP contribution is 2.28. The Morgan fingerprint density at radius 3 is 2.96 bits per heavy atom. The fraction of sp³-hybridized carbons (Fsp3) is 0.235. The number of benzene rings is 2. The molecule has 2 aromatic carbocycles. The molecule has 0 spiro atoms. The van der Waals surface area contributed by atoms with Crippen molar-refractivity contribution in [3.05, 3.63) is 59.4 Å². The molecular formula is C17H17FN2O3. The molecule has 6 heteroatoms. The zero-order valence-corrected chi connectivity index (χ0v) is 12.4. The van der Waals surface area contributed by atoms with Gasteiger partial charge in [-0.05, 0) is 35.4 Å². The molecule has 1 unspecified atom stereocenters. The molecule has 23 heavy (non-hydrogen) atoms. The number of ether oxygens (including phenoxy) is 1. The van der Waals surface area contributed by atoms with E-state index in [-0.39, 0.29) is 12.2 Å². The van der Waals surface area contributed by atoms with Crippen LogP contribution in [-0.2, 0) is 6.42 Å². The van der Waals surface area contributed by atoms with Gasteiger partial charge in [0.15, 0.2) is 0 Å². The number of halogens is 1. The van der Waals surface area contributed by atoms with Crippen molar-refractivity contribution in [3.63, 3.8) is 0 Å². The smallest absolute Gasteiger partial charge is 0.319 e. The molecule has 1 aliphatic heterocycles. The highest BCUT2D eigenvalue weighted by Gasteiger charge is 2.16. The molecule has 0 radical (unpaired) electrons. The lowest BCUT2D eigenvalue weighted by Crippen LogP contribution is -2.32. The van der Waals surface area contributed by atoms with Crippen molar-refractivity contribution in [1.82, 2.24) is 5.32 Å². The number of hydrogen-bond acceptors (Lipinski definition) is 3. The van der Waals surface area contributed by atoms with Crippen LogP contribution in [0.15, 0.2) is 42.5 Å². The van der Waals surface area contributed by atoms with Crippen molar-refractivity contribution in [2.75, 3.05) is 18.5 Å². The van der Waals surface area contributed by atoms with Crippen molar-refractivity contribution in [2.24, 2.45) is 0 Å². The van der Waals surface area contributed by atoms with Crippen LogP contribution in [-0.4, -0.2) is 24.3 Å². The van der Waals surface area contributed by atoms with E-state index < -0.39 is 18.0 Å². The quantitative estimate of drug-likeness (QED) is 0.812. The molecule has 2 aromatic rings. The zero-order valence-electron chi connectivity index (χ0n) is 12.4. The fourth-order valence-electron chi connectivity index (χ4n) is 2.45. The van der Waals surface area contributed by atoms with Crippen LogP contribution in [0.3, 0.4) is 0 Å². The Kier molecular flexibility index (Phi) is 4.43. The van der Waals surface area contributed by atoms with Gasteiger partial charge in [0, 0.05) is 13.0 Å². The van der Waals surface area contributed by atoms with E-state index in [9.17, 15) is 14.3 Å². The van der Waals surface area contributed by atoms with Crippen LogP contribution in [0.2, 0.25) is 0 Å². The van der Waals surface area contributed by atoms with Gasteiger partial charge in [0.25, 0.3) is 0 Å². The van der Waals surface area contributed by atoms with Crippen molar-refractivity contribution >= 4 is 11.7 Å². The monoisotopic (exact) mass is 316 g/mol. The number of aliphatic hydroxyl groups excluding tert-OH is 1. The number of nitrogens with one attached hydrogen (secondary N) is 2. The lowest BCUT2D eigenvalue weighted by atomic mass is 10.0. The Bertz CT molecular complexity index is 721. The SMILES string of the molecule is O=C(NCC(O)c1ccc2c(c1)CCO2)Nc1ccccc1F. The second-order valence-corrected chi connectivity index (χ2v) is 5.30. The van der Waals surface area contributed by atoms with Crippen LogP contribution in [0.4, 0.5) is 14.9 Å². The van der Waals surface area contributed by atoms with Gasteiger partial charge in [-0.1, -0.05) is 18.2 Å². The summed E-state index contributed by atoms with van der Waals surface area (Å²) in [4.78, 5) is 11.8. The number of anilines is 1.